The number of amides is 2. The molecule has 22 heavy (non-hydrogen) atoms. The summed E-state index contributed by atoms with van der Waals surface area (Å²) in [5, 5.41) is 13.0. The molecule has 2 amide bonds. The van der Waals surface area contributed by atoms with E-state index in [4.69, 9.17) is 5.11 Å². The first-order valence-corrected chi connectivity index (χ1v) is 6.92. The highest BCUT2D eigenvalue weighted by atomic mass is 19.4. The van der Waals surface area contributed by atoms with Gasteiger partial charge < -0.3 is 15.7 Å². The van der Waals surface area contributed by atoms with Crippen LogP contribution in [-0.2, 0) is 14.4 Å². The third kappa shape index (κ3) is 4.88. The Labute approximate surface area is 125 Å². The van der Waals surface area contributed by atoms with E-state index in [1.807, 2.05) is 0 Å². The smallest absolute Gasteiger partial charge is 0.408 e. The lowest BCUT2D eigenvalue weighted by molar-refractivity contribution is -0.171. The topological polar surface area (TPSA) is 95.5 Å². The van der Waals surface area contributed by atoms with Gasteiger partial charge in [-0.3, -0.25) is 9.59 Å². The molecule has 0 unspecified atom stereocenters. The van der Waals surface area contributed by atoms with Crippen LogP contribution in [0.25, 0.3) is 0 Å². The Morgan fingerprint density at radius 1 is 1.36 bits per heavy atom. The fourth-order valence-electron chi connectivity index (χ4n) is 2.27. The van der Waals surface area contributed by atoms with Crippen LogP contribution in [0.3, 0.4) is 0 Å². The lowest BCUT2D eigenvalue weighted by Crippen LogP contribution is -2.56. The van der Waals surface area contributed by atoms with Crippen molar-refractivity contribution in [3.05, 3.63) is 0 Å². The minimum absolute atomic E-state index is 0.00353. The minimum Gasteiger partial charge on any atom is -0.480 e. The Morgan fingerprint density at radius 2 is 1.95 bits per heavy atom. The summed E-state index contributed by atoms with van der Waals surface area (Å²) >= 11 is 0. The number of carboxylic acid groups (broad SMARTS) is 1. The molecule has 1 fully saturated rings. The average Bonchev–Trinajstić information content (AvgIpc) is 2.35. The SMILES string of the molecule is CC(C)C[C@@H](NC(=O)[C@@H]1CC[C@H](C(F)(F)F)NC1=O)C(=O)O. The zero-order chi connectivity index (χ0) is 17.1. The van der Waals surface area contributed by atoms with E-state index in [0.717, 1.165) is 0 Å². The zero-order valence-corrected chi connectivity index (χ0v) is 12.2. The van der Waals surface area contributed by atoms with Gasteiger partial charge >= 0.3 is 12.1 Å². The summed E-state index contributed by atoms with van der Waals surface area (Å²) in [4.78, 5) is 34.6. The number of aliphatic carboxylic acids is 1. The van der Waals surface area contributed by atoms with E-state index in [-0.39, 0.29) is 18.8 Å². The van der Waals surface area contributed by atoms with Crippen molar-refractivity contribution in [2.75, 3.05) is 0 Å². The maximum atomic E-state index is 12.5. The van der Waals surface area contributed by atoms with Crippen molar-refractivity contribution in [1.29, 1.82) is 0 Å². The molecule has 0 radical (unpaired) electrons. The molecule has 0 aromatic rings. The summed E-state index contributed by atoms with van der Waals surface area (Å²) in [6.07, 6.45) is -5.07. The second-order valence-electron chi connectivity index (χ2n) is 5.76. The number of carbonyl (C=O) groups excluding carboxylic acids is 2. The molecule has 1 heterocycles. The number of hydrogen-bond acceptors (Lipinski definition) is 3. The first kappa shape index (κ1) is 18.2. The first-order chi connectivity index (χ1) is 10.0. The van der Waals surface area contributed by atoms with Crippen LogP contribution in [0.5, 0.6) is 0 Å². The second kappa shape index (κ2) is 6.97. The third-order valence-corrected chi connectivity index (χ3v) is 3.41. The molecule has 0 aromatic heterocycles. The molecular weight excluding hydrogens is 305 g/mol. The number of nitrogens with one attached hydrogen (secondary N) is 2. The van der Waals surface area contributed by atoms with Crippen LogP contribution in [0, 0.1) is 11.8 Å². The lowest BCUT2D eigenvalue weighted by atomic mass is 9.92. The van der Waals surface area contributed by atoms with Crippen LogP contribution >= 0.6 is 0 Å². The molecule has 126 valence electrons. The molecule has 3 N–H and O–H groups in total. The highest BCUT2D eigenvalue weighted by Gasteiger charge is 2.46. The standard InChI is InChI=1S/C13H19F3N2O4/c1-6(2)5-8(12(21)22)17-10(19)7-3-4-9(13(14,15)16)18-11(7)20/h6-9H,3-5H2,1-2H3,(H,17,19)(H,18,20)(H,21,22)/t7-,8+,9+/m0/s1. The Kier molecular flexibility index (Phi) is 5.78. The van der Waals surface area contributed by atoms with Crippen LogP contribution in [0.2, 0.25) is 0 Å². The molecule has 3 atom stereocenters. The summed E-state index contributed by atoms with van der Waals surface area (Å²) in [5.74, 6) is -4.43. The summed E-state index contributed by atoms with van der Waals surface area (Å²) in [6.45, 7) is 3.53. The molecule has 9 heteroatoms. The van der Waals surface area contributed by atoms with Gasteiger partial charge in [0.05, 0.1) is 0 Å². The number of carbonyl (C=O) groups is 3. The Bertz CT molecular complexity index is 451. The van der Waals surface area contributed by atoms with Crippen molar-refractivity contribution in [2.24, 2.45) is 11.8 Å². The number of piperidine rings is 1. The second-order valence-corrected chi connectivity index (χ2v) is 5.76. The van der Waals surface area contributed by atoms with Crippen LogP contribution in [0.1, 0.15) is 33.1 Å². The predicted molar refractivity (Wildman–Crippen MR) is 69.7 cm³/mol. The number of rotatable bonds is 5. The highest BCUT2D eigenvalue weighted by molar-refractivity contribution is 6.02. The van der Waals surface area contributed by atoms with E-state index in [1.165, 1.54) is 0 Å². The van der Waals surface area contributed by atoms with Crippen LogP contribution in [0.4, 0.5) is 13.2 Å². The fourth-order valence-corrected chi connectivity index (χ4v) is 2.27. The Balaban J connectivity index is 2.66. The van der Waals surface area contributed by atoms with Crippen LogP contribution in [0.15, 0.2) is 0 Å². The van der Waals surface area contributed by atoms with Gasteiger partial charge in [-0.1, -0.05) is 13.8 Å². The fraction of sp³-hybridized carbons (Fsp3) is 0.769. The van der Waals surface area contributed by atoms with Crippen LogP contribution < -0.4 is 10.6 Å². The van der Waals surface area contributed by atoms with Gasteiger partial charge in [0.15, 0.2) is 0 Å². The maximum Gasteiger partial charge on any atom is 0.408 e. The summed E-state index contributed by atoms with van der Waals surface area (Å²) in [6, 6.07) is -3.13. The summed E-state index contributed by atoms with van der Waals surface area (Å²) < 4.78 is 37.5. The van der Waals surface area contributed by atoms with Crippen molar-refractivity contribution in [3.8, 4) is 0 Å². The van der Waals surface area contributed by atoms with E-state index in [9.17, 15) is 27.6 Å². The molecule has 0 saturated carbocycles. The largest absolute Gasteiger partial charge is 0.480 e. The molecule has 1 aliphatic heterocycles. The molecule has 1 saturated heterocycles. The normalized spacial score (nSPS) is 23.8. The Morgan fingerprint density at radius 3 is 2.36 bits per heavy atom. The molecule has 0 bridgehead atoms. The summed E-state index contributed by atoms with van der Waals surface area (Å²) in [7, 11) is 0. The van der Waals surface area contributed by atoms with Gasteiger partial charge in [-0.05, 0) is 25.2 Å². The molecule has 1 rings (SSSR count). The van der Waals surface area contributed by atoms with Gasteiger partial charge in [-0.15, -0.1) is 0 Å². The van der Waals surface area contributed by atoms with E-state index in [0.29, 0.717) is 0 Å². The van der Waals surface area contributed by atoms with E-state index in [2.05, 4.69) is 5.32 Å². The lowest BCUT2D eigenvalue weighted by Gasteiger charge is -2.30. The maximum absolute atomic E-state index is 12.5. The number of hydrogen-bond donors (Lipinski definition) is 3. The third-order valence-electron chi connectivity index (χ3n) is 3.41. The molecule has 0 aliphatic carbocycles. The number of carboxylic acids is 1. The van der Waals surface area contributed by atoms with Gasteiger partial charge in [0.1, 0.15) is 18.0 Å². The van der Waals surface area contributed by atoms with Crippen molar-refractivity contribution < 1.29 is 32.7 Å². The van der Waals surface area contributed by atoms with Crippen LogP contribution in [-0.4, -0.2) is 41.2 Å². The van der Waals surface area contributed by atoms with Gasteiger partial charge in [0.25, 0.3) is 0 Å². The van der Waals surface area contributed by atoms with Gasteiger partial charge in [0.2, 0.25) is 11.8 Å². The van der Waals surface area contributed by atoms with Crippen molar-refractivity contribution in [1.82, 2.24) is 10.6 Å². The molecule has 1 aliphatic rings. The van der Waals surface area contributed by atoms with E-state index in [1.54, 1.807) is 19.2 Å². The molecule has 0 spiro atoms. The summed E-state index contributed by atoms with van der Waals surface area (Å²) in [5.41, 5.74) is 0. The minimum atomic E-state index is -4.56. The molecule has 6 nitrogen and oxygen atoms in total. The van der Waals surface area contributed by atoms with Gasteiger partial charge in [-0.25, -0.2) is 4.79 Å². The van der Waals surface area contributed by atoms with E-state index < -0.39 is 48.4 Å². The Hall–Kier alpha value is -1.80. The first-order valence-electron chi connectivity index (χ1n) is 6.92. The predicted octanol–water partition coefficient (Wildman–Crippen LogP) is 1.06. The number of halogens is 3. The average molecular weight is 324 g/mol. The monoisotopic (exact) mass is 324 g/mol. The molecular formula is C13H19F3N2O4. The van der Waals surface area contributed by atoms with E-state index >= 15 is 0 Å². The number of alkyl halides is 3. The van der Waals surface area contributed by atoms with Crippen molar-refractivity contribution in [3.63, 3.8) is 0 Å². The van der Waals surface area contributed by atoms with Gasteiger partial charge in [0, 0.05) is 0 Å². The molecule has 0 aromatic carbocycles. The highest BCUT2D eigenvalue weighted by Crippen LogP contribution is 2.28. The quantitative estimate of drug-likeness (QED) is 0.659. The van der Waals surface area contributed by atoms with Gasteiger partial charge in [-0.2, -0.15) is 13.2 Å². The van der Waals surface area contributed by atoms with Crippen molar-refractivity contribution >= 4 is 17.8 Å². The van der Waals surface area contributed by atoms with Crippen molar-refractivity contribution in [2.45, 2.75) is 51.4 Å². The zero-order valence-electron chi connectivity index (χ0n) is 12.2.